The van der Waals surface area contributed by atoms with Gasteiger partial charge in [-0.25, -0.2) is 0 Å². The number of nitrogens with zero attached hydrogens (tertiary/aromatic N) is 3. The monoisotopic (exact) mass is 321 g/mol. The summed E-state index contributed by atoms with van der Waals surface area (Å²) in [6.45, 7) is 3.96. The topological polar surface area (TPSA) is 66.2 Å². The molecule has 0 saturated carbocycles. The Morgan fingerprint density at radius 1 is 1.32 bits per heavy atom. The zero-order valence-electron chi connectivity index (χ0n) is 13.1. The summed E-state index contributed by atoms with van der Waals surface area (Å²) in [6, 6.07) is 7.59. The lowest BCUT2D eigenvalue weighted by molar-refractivity contribution is -0.142. The summed E-state index contributed by atoms with van der Waals surface area (Å²) in [5.41, 5.74) is 0.937. The first-order valence-electron chi connectivity index (χ1n) is 6.94. The predicted octanol–water partition coefficient (Wildman–Crippen LogP) is 2.53. The predicted molar refractivity (Wildman–Crippen MR) is 84.9 cm³/mol. The first-order valence-corrected chi connectivity index (χ1v) is 7.81. The number of esters is 1. The molecule has 1 heterocycles. The Balaban J connectivity index is 2.16. The van der Waals surface area contributed by atoms with E-state index in [4.69, 9.17) is 9.47 Å². The maximum atomic E-state index is 11.7. The molecule has 0 fully saturated rings. The van der Waals surface area contributed by atoms with Crippen molar-refractivity contribution in [3.63, 3.8) is 0 Å². The molecular weight excluding hydrogens is 302 g/mol. The molecule has 0 aliphatic rings. The first kappa shape index (κ1) is 16.4. The van der Waals surface area contributed by atoms with E-state index in [-0.39, 0.29) is 11.2 Å². The van der Waals surface area contributed by atoms with Crippen molar-refractivity contribution in [3.05, 3.63) is 24.3 Å². The highest BCUT2D eigenvalue weighted by Crippen LogP contribution is 2.27. The number of hydrogen-bond acceptors (Lipinski definition) is 6. The number of benzene rings is 1. The molecule has 118 valence electrons. The molecule has 0 spiro atoms. The fraction of sp³-hybridized carbons (Fsp3) is 0.400. The highest BCUT2D eigenvalue weighted by atomic mass is 32.2. The summed E-state index contributed by atoms with van der Waals surface area (Å²) in [5.74, 6) is 1.28. The Morgan fingerprint density at radius 2 is 2.00 bits per heavy atom. The van der Waals surface area contributed by atoms with Gasteiger partial charge in [-0.05, 0) is 38.1 Å². The second-order valence-corrected chi connectivity index (χ2v) is 5.91. The Kier molecular flexibility index (Phi) is 5.43. The van der Waals surface area contributed by atoms with Crippen molar-refractivity contribution >= 4 is 17.7 Å². The average Bonchev–Trinajstić information content (AvgIpc) is 2.88. The maximum Gasteiger partial charge on any atom is 0.319 e. The number of carbonyl (C=O) groups is 1. The fourth-order valence-electron chi connectivity index (χ4n) is 1.87. The van der Waals surface area contributed by atoms with E-state index in [1.807, 2.05) is 35.9 Å². The van der Waals surface area contributed by atoms with Crippen LogP contribution in [0.2, 0.25) is 0 Å². The molecule has 0 radical (unpaired) electrons. The van der Waals surface area contributed by atoms with Crippen LogP contribution in [0.25, 0.3) is 11.4 Å². The summed E-state index contributed by atoms with van der Waals surface area (Å²) in [6.07, 6.45) is 0. The van der Waals surface area contributed by atoms with Crippen molar-refractivity contribution in [1.29, 1.82) is 0 Å². The normalized spacial score (nSPS) is 12.0. The van der Waals surface area contributed by atoms with E-state index in [9.17, 15) is 4.79 Å². The van der Waals surface area contributed by atoms with Gasteiger partial charge >= 0.3 is 5.97 Å². The van der Waals surface area contributed by atoms with Crippen LogP contribution in [0, 0.1) is 0 Å². The van der Waals surface area contributed by atoms with E-state index in [0.717, 1.165) is 17.1 Å². The molecule has 1 aromatic heterocycles. The van der Waals surface area contributed by atoms with Gasteiger partial charge in [-0.3, -0.25) is 4.79 Å². The van der Waals surface area contributed by atoms with Gasteiger partial charge in [0.05, 0.1) is 13.7 Å². The van der Waals surface area contributed by atoms with Gasteiger partial charge in [-0.2, -0.15) is 0 Å². The second-order valence-electron chi connectivity index (χ2n) is 4.61. The van der Waals surface area contributed by atoms with Gasteiger partial charge in [-0.1, -0.05) is 11.8 Å². The molecule has 0 saturated heterocycles. The summed E-state index contributed by atoms with van der Waals surface area (Å²) in [5, 5.41) is 8.70. The molecule has 2 aromatic rings. The Hall–Kier alpha value is -2.02. The summed E-state index contributed by atoms with van der Waals surface area (Å²) >= 11 is 1.33. The van der Waals surface area contributed by atoms with Gasteiger partial charge in [0.2, 0.25) is 0 Å². The van der Waals surface area contributed by atoms with Gasteiger partial charge in [-0.15, -0.1) is 10.2 Å². The van der Waals surface area contributed by atoms with Crippen LogP contribution in [0.1, 0.15) is 13.8 Å². The highest BCUT2D eigenvalue weighted by Gasteiger charge is 2.20. The van der Waals surface area contributed by atoms with Crippen LogP contribution in [0.5, 0.6) is 5.75 Å². The molecule has 0 aliphatic heterocycles. The molecule has 2 rings (SSSR count). The molecule has 7 heteroatoms. The maximum absolute atomic E-state index is 11.7. The van der Waals surface area contributed by atoms with Crippen LogP contribution >= 0.6 is 11.8 Å². The highest BCUT2D eigenvalue weighted by molar-refractivity contribution is 8.00. The van der Waals surface area contributed by atoms with Gasteiger partial charge in [0.1, 0.15) is 11.0 Å². The van der Waals surface area contributed by atoms with Crippen LogP contribution in [-0.2, 0) is 16.6 Å². The zero-order valence-corrected chi connectivity index (χ0v) is 13.9. The van der Waals surface area contributed by atoms with Crippen LogP contribution < -0.4 is 4.74 Å². The standard InChI is InChI=1S/C15H19N3O3S/c1-5-21-14(19)10(2)22-15-17-16-13(18(15)3)11-6-8-12(20-4)9-7-11/h6-10H,5H2,1-4H3. The lowest BCUT2D eigenvalue weighted by atomic mass is 10.2. The van der Waals surface area contributed by atoms with Gasteiger partial charge in [0.15, 0.2) is 11.0 Å². The number of hydrogen-bond donors (Lipinski definition) is 0. The first-order chi connectivity index (χ1) is 10.6. The van der Waals surface area contributed by atoms with Gasteiger partial charge in [0.25, 0.3) is 0 Å². The molecule has 0 bridgehead atoms. The van der Waals surface area contributed by atoms with Crippen molar-refractivity contribution in [2.45, 2.75) is 24.3 Å². The quantitative estimate of drug-likeness (QED) is 0.602. The minimum atomic E-state index is -0.327. The Bertz CT molecular complexity index is 640. The molecule has 0 aliphatic carbocycles. The smallest absolute Gasteiger partial charge is 0.319 e. The second kappa shape index (κ2) is 7.31. The van der Waals surface area contributed by atoms with Crippen molar-refractivity contribution < 1.29 is 14.3 Å². The van der Waals surface area contributed by atoms with Crippen molar-refractivity contribution in [2.75, 3.05) is 13.7 Å². The number of methoxy groups -OCH3 is 1. The van der Waals surface area contributed by atoms with E-state index in [2.05, 4.69) is 10.2 Å². The van der Waals surface area contributed by atoms with Crippen molar-refractivity contribution in [3.8, 4) is 17.1 Å². The van der Waals surface area contributed by atoms with E-state index in [1.54, 1.807) is 21.0 Å². The number of aromatic nitrogens is 3. The molecule has 1 aromatic carbocycles. The van der Waals surface area contributed by atoms with Crippen LogP contribution in [0.3, 0.4) is 0 Å². The van der Waals surface area contributed by atoms with Crippen molar-refractivity contribution in [1.82, 2.24) is 14.8 Å². The summed E-state index contributed by atoms with van der Waals surface area (Å²) in [4.78, 5) is 11.7. The lowest BCUT2D eigenvalue weighted by Gasteiger charge is -2.09. The van der Waals surface area contributed by atoms with Crippen LogP contribution in [0.15, 0.2) is 29.4 Å². The molecule has 1 atom stereocenters. The third-order valence-electron chi connectivity index (χ3n) is 3.08. The molecule has 22 heavy (non-hydrogen) atoms. The third kappa shape index (κ3) is 3.59. The van der Waals surface area contributed by atoms with Crippen LogP contribution in [0.4, 0.5) is 0 Å². The molecule has 0 amide bonds. The fourth-order valence-corrected chi connectivity index (χ4v) is 2.69. The average molecular weight is 321 g/mol. The summed E-state index contributed by atoms with van der Waals surface area (Å²) in [7, 11) is 3.50. The Labute approximate surface area is 133 Å². The number of thioether (sulfide) groups is 1. The SMILES string of the molecule is CCOC(=O)C(C)Sc1nnc(-c2ccc(OC)cc2)n1C. The van der Waals surface area contributed by atoms with Crippen LogP contribution in [-0.4, -0.2) is 39.7 Å². The number of rotatable bonds is 6. The Morgan fingerprint density at radius 3 is 2.59 bits per heavy atom. The molecular formula is C15H19N3O3S. The lowest BCUT2D eigenvalue weighted by Crippen LogP contribution is -2.17. The third-order valence-corrected chi connectivity index (χ3v) is 4.20. The summed E-state index contributed by atoms with van der Waals surface area (Å²) < 4.78 is 12.0. The minimum Gasteiger partial charge on any atom is -0.497 e. The van der Waals surface area contributed by atoms with Crippen molar-refractivity contribution in [2.24, 2.45) is 7.05 Å². The molecule has 0 N–H and O–H groups in total. The molecule has 6 nitrogen and oxygen atoms in total. The van der Waals surface area contributed by atoms with Gasteiger partial charge in [0, 0.05) is 12.6 Å². The number of ether oxygens (including phenoxy) is 2. The molecule has 1 unspecified atom stereocenters. The minimum absolute atomic E-state index is 0.249. The largest absolute Gasteiger partial charge is 0.497 e. The number of carbonyl (C=O) groups excluding carboxylic acids is 1. The van der Waals surface area contributed by atoms with E-state index < -0.39 is 0 Å². The van der Waals surface area contributed by atoms with E-state index in [1.165, 1.54) is 11.8 Å². The zero-order chi connectivity index (χ0) is 16.1. The van der Waals surface area contributed by atoms with Gasteiger partial charge < -0.3 is 14.0 Å². The van der Waals surface area contributed by atoms with E-state index in [0.29, 0.717) is 11.8 Å². The van der Waals surface area contributed by atoms with E-state index >= 15 is 0 Å².